The number of likely N-dealkylation sites (tertiary alicyclic amines) is 2. The molecule has 0 radical (unpaired) electrons. The lowest BCUT2D eigenvalue weighted by Crippen LogP contribution is -2.49. The minimum Gasteiger partial charge on any atom is -0.391 e. The lowest BCUT2D eigenvalue weighted by Gasteiger charge is -2.34. The summed E-state index contributed by atoms with van der Waals surface area (Å²) in [6.07, 6.45) is 2.42. The van der Waals surface area contributed by atoms with Gasteiger partial charge in [-0.1, -0.05) is 56.3 Å². The summed E-state index contributed by atoms with van der Waals surface area (Å²) < 4.78 is 1.66. The molecule has 9 nitrogen and oxygen atoms in total. The molecule has 4 unspecified atom stereocenters. The summed E-state index contributed by atoms with van der Waals surface area (Å²) in [6.45, 7) is 8.89. The van der Waals surface area contributed by atoms with Gasteiger partial charge in [-0.25, -0.2) is 4.68 Å². The number of aliphatic hydroxyl groups excluding tert-OH is 1. The van der Waals surface area contributed by atoms with Gasteiger partial charge in [0.15, 0.2) is 0 Å². The number of β-amino-alcohol motifs (C(OH)–C–C–N with tert-alkyl or cyclic N) is 1. The van der Waals surface area contributed by atoms with Gasteiger partial charge >= 0.3 is 0 Å². The number of carbonyl (C=O) groups is 2. The van der Waals surface area contributed by atoms with Crippen LogP contribution in [0.2, 0.25) is 0 Å². The van der Waals surface area contributed by atoms with Crippen LogP contribution in [0.25, 0.3) is 0 Å². The number of likely N-dealkylation sites (N-methyl/N-ethyl adjacent to an activating group) is 1. The third-order valence-electron chi connectivity index (χ3n) is 6.90. The van der Waals surface area contributed by atoms with Crippen molar-refractivity contribution in [3.8, 4) is 0 Å². The van der Waals surface area contributed by atoms with Crippen molar-refractivity contribution >= 4 is 11.8 Å². The maximum absolute atomic E-state index is 13.7. The average Bonchev–Trinajstić information content (AvgIpc) is 3.53. The fourth-order valence-corrected chi connectivity index (χ4v) is 5.17. The van der Waals surface area contributed by atoms with Crippen molar-refractivity contribution in [1.82, 2.24) is 30.1 Å². The monoisotopic (exact) mass is 468 g/mol. The Morgan fingerprint density at radius 3 is 2.62 bits per heavy atom. The molecule has 1 aromatic carbocycles. The molecule has 2 aliphatic heterocycles. The van der Waals surface area contributed by atoms with E-state index in [0.29, 0.717) is 0 Å². The number of rotatable bonds is 6. The van der Waals surface area contributed by atoms with Crippen molar-refractivity contribution in [1.29, 1.82) is 0 Å². The number of aliphatic hydroxyl groups is 1. The molecule has 0 bridgehead atoms. The molecule has 0 saturated carbocycles. The molecule has 2 saturated heterocycles. The Labute approximate surface area is 201 Å². The van der Waals surface area contributed by atoms with E-state index in [1.165, 1.54) is 10.5 Å². The van der Waals surface area contributed by atoms with Crippen molar-refractivity contribution < 1.29 is 14.7 Å². The van der Waals surface area contributed by atoms with Gasteiger partial charge in [-0.3, -0.25) is 14.5 Å². The van der Waals surface area contributed by atoms with Crippen LogP contribution in [-0.4, -0.2) is 80.5 Å². The number of nitrogens with one attached hydrogen (secondary N) is 1. The highest BCUT2D eigenvalue weighted by Crippen LogP contribution is 2.35. The van der Waals surface area contributed by atoms with Gasteiger partial charge in [0.1, 0.15) is 12.1 Å². The number of nitrogens with zero attached hydrogens (tertiary/aromatic N) is 5. The van der Waals surface area contributed by atoms with Crippen molar-refractivity contribution in [3.63, 3.8) is 0 Å². The number of benzene rings is 1. The molecule has 0 spiro atoms. The zero-order valence-electron chi connectivity index (χ0n) is 20.5. The number of carbonyl (C=O) groups excluding carboxylic acids is 2. The smallest absolute Gasteiger partial charge is 0.248 e. The van der Waals surface area contributed by atoms with E-state index in [1.54, 1.807) is 11.7 Å². The summed E-state index contributed by atoms with van der Waals surface area (Å²) in [7, 11) is 1.54. The maximum Gasteiger partial charge on any atom is 0.248 e. The van der Waals surface area contributed by atoms with Gasteiger partial charge in [0.2, 0.25) is 11.8 Å². The van der Waals surface area contributed by atoms with Crippen LogP contribution < -0.4 is 5.32 Å². The molecule has 184 valence electrons. The highest BCUT2D eigenvalue weighted by Gasteiger charge is 2.45. The van der Waals surface area contributed by atoms with E-state index in [0.717, 1.165) is 31.7 Å². The summed E-state index contributed by atoms with van der Waals surface area (Å²) in [5.41, 5.74) is 1.73. The van der Waals surface area contributed by atoms with Gasteiger partial charge in [0, 0.05) is 45.2 Å². The van der Waals surface area contributed by atoms with Gasteiger partial charge in [0.25, 0.3) is 0 Å². The van der Waals surface area contributed by atoms with E-state index in [1.807, 2.05) is 33.0 Å². The lowest BCUT2D eigenvalue weighted by atomic mass is 9.85. The van der Waals surface area contributed by atoms with E-state index >= 15 is 0 Å². The normalized spacial score (nSPS) is 24.4. The van der Waals surface area contributed by atoms with Crippen molar-refractivity contribution in [2.45, 2.75) is 64.3 Å². The summed E-state index contributed by atoms with van der Waals surface area (Å²) >= 11 is 0. The Kier molecular flexibility index (Phi) is 7.04. The summed E-state index contributed by atoms with van der Waals surface area (Å²) in [6, 6.07) is 9.13. The minimum atomic E-state index is -0.715. The van der Waals surface area contributed by atoms with Crippen LogP contribution in [0.4, 0.5) is 0 Å². The van der Waals surface area contributed by atoms with E-state index in [2.05, 4.69) is 44.8 Å². The first-order chi connectivity index (χ1) is 16.2. The third kappa shape index (κ3) is 5.15. The number of hydrogen-bond acceptors (Lipinski definition) is 6. The first-order valence-corrected chi connectivity index (χ1v) is 12.1. The molecule has 2 fully saturated rings. The van der Waals surface area contributed by atoms with Crippen molar-refractivity contribution in [2.75, 3.05) is 26.7 Å². The topological polar surface area (TPSA) is 104 Å². The van der Waals surface area contributed by atoms with E-state index in [4.69, 9.17) is 0 Å². The molecule has 4 atom stereocenters. The van der Waals surface area contributed by atoms with Gasteiger partial charge in [-0.2, -0.15) is 0 Å². The minimum absolute atomic E-state index is 0.141. The molecule has 9 heteroatoms. The molecular formula is C25H36N6O3. The van der Waals surface area contributed by atoms with Crippen molar-refractivity contribution in [3.05, 3.63) is 47.8 Å². The summed E-state index contributed by atoms with van der Waals surface area (Å²) in [5.74, 6) is -0.215. The maximum atomic E-state index is 13.7. The lowest BCUT2D eigenvalue weighted by molar-refractivity contribution is -0.144. The quantitative estimate of drug-likeness (QED) is 0.667. The third-order valence-corrected chi connectivity index (χ3v) is 6.90. The summed E-state index contributed by atoms with van der Waals surface area (Å²) in [5, 5.41) is 21.6. The zero-order chi connectivity index (χ0) is 24.5. The standard InChI is InChI=1S/C25H36N6O3/c1-25(2,3)22(24(34)30-15-19(32)12-21(30)23(33)26-4)31-16-20(27-28-31)18-10-11-29(14-18)13-17-8-6-5-7-9-17/h5-9,16,18-19,21-22,32H,10-15H2,1-4H3,(H,26,33). The molecule has 3 heterocycles. The molecule has 2 aliphatic rings. The average molecular weight is 469 g/mol. The van der Waals surface area contributed by atoms with Crippen LogP contribution in [0.1, 0.15) is 56.8 Å². The van der Waals surface area contributed by atoms with E-state index in [9.17, 15) is 14.7 Å². The van der Waals surface area contributed by atoms with Gasteiger partial charge in [-0.05, 0) is 23.9 Å². The van der Waals surface area contributed by atoms with Crippen LogP contribution in [0.3, 0.4) is 0 Å². The molecule has 1 aromatic heterocycles. The highest BCUT2D eigenvalue weighted by molar-refractivity contribution is 5.90. The molecule has 2 N–H and O–H groups in total. The number of hydrogen-bond donors (Lipinski definition) is 2. The highest BCUT2D eigenvalue weighted by atomic mass is 16.3. The molecule has 0 aliphatic carbocycles. The van der Waals surface area contributed by atoms with Crippen LogP contribution >= 0.6 is 0 Å². The Bertz CT molecular complexity index is 1000. The Morgan fingerprint density at radius 2 is 1.94 bits per heavy atom. The van der Waals surface area contributed by atoms with Crippen LogP contribution in [-0.2, 0) is 16.1 Å². The molecule has 4 rings (SSSR count). The fourth-order valence-electron chi connectivity index (χ4n) is 5.17. The van der Waals surface area contributed by atoms with Crippen LogP contribution in [0.5, 0.6) is 0 Å². The van der Waals surface area contributed by atoms with Crippen LogP contribution in [0.15, 0.2) is 36.5 Å². The Hall–Kier alpha value is -2.78. The predicted molar refractivity (Wildman–Crippen MR) is 128 cm³/mol. The van der Waals surface area contributed by atoms with Gasteiger partial charge < -0.3 is 15.3 Å². The second-order valence-corrected chi connectivity index (χ2v) is 10.6. The van der Waals surface area contributed by atoms with Crippen LogP contribution in [0, 0.1) is 5.41 Å². The Balaban J connectivity index is 1.50. The zero-order valence-corrected chi connectivity index (χ0v) is 20.5. The number of amides is 2. The Morgan fingerprint density at radius 1 is 1.21 bits per heavy atom. The first kappa shape index (κ1) is 24.3. The predicted octanol–water partition coefficient (Wildman–Crippen LogP) is 1.56. The fraction of sp³-hybridized carbons (Fsp3) is 0.600. The van der Waals surface area contributed by atoms with Gasteiger partial charge in [0.05, 0.1) is 11.8 Å². The second-order valence-electron chi connectivity index (χ2n) is 10.6. The second kappa shape index (κ2) is 9.84. The molecule has 34 heavy (non-hydrogen) atoms. The molecule has 2 aromatic rings. The summed E-state index contributed by atoms with van der Waals surface area (Å²) in [4.78, 5) is 30.0. The van der Waals surface area contributed by atoms with E-state index in [-0.39, 0.29) is 30.7 Å². The molecular weight excluding hydrogens is 432 g/mol. The SMILES string of the molecule is CNC(=O)C1CC(O)CN1C(=O)C(n1cc(C2CCN(Cc3ccccc3)C2)nn1)C(C)(C)C. The van der Waals surface area contributed by atoms with Crippen molar-refractivity contribution in [2.24, 2.45) is 5.41 Å². The van der Waals surface area contributed by atoms with E-state index < -0.39 is 23.6 Å². The largest absolute Gasteiger partial charge is 0.391 e. The number of aromatic nitrogens is 3. The van der Waals surface area contributed by atoms with Gasteiger partial charge in [-0.15, -0.1) is 5.10 Å². The molecule has 2 amide bonds. The first-order valence-electron chi connectivity index (χ1n) is 12.1.